The number of aromatic nitrogens is 3. The monoisotopic (exact) mass is 458 g/mol. The summed E-state index contributed by atoms with van der Waals surface area (Å²) in [6.45, 7) is 7.51. The third-order valence-corrected chi connectivity index (χ3v) is 6.36. The van der Waals surface area contributed by atoms with Crippen LogP contribution in [-0.2, 0) is 9.53 Å². The lowest BCUT2D eigenvalue weighted by Crippen LogP contribution is -2.37. The van der Waals surface area contributed by atoms with E-state index in [4.69, 9.17) is 21.3 Å². The Kier molecular flexibility index (Phi) is 7.23. The lowest BCUT2D eigenvalue weighted by Gasteiger charge is -2.35. The molecule has 4 rings (SSSR count). The molecule has 2 fully saturated rings. The van der Waals surface area contributed by atoms with Crippen LogP contribution in [0.3, 0.4) is 0 Å². The van der Waals surface area contributed by atoms with E-state index in [0.717, 1.165) is 45.4 Å². The number of anilines is 2. The van der Waals surface area contributed by atoms with Crippen molar-refractivity contribution >= 4 is 29.1 Å². The Morgan fingerprint density at radius 3 is 2.94 bits per heavy atom. The largest absolute Gasteiger partial charge is 0.376 e. The molecule has 2 aromatic heterocycles. The zero-order valence-electron chi connectivity index (χ0n) is 18.7. The minimum absolute atomic E-state index is 0.0288. The molecule has 3 N–H and O–H groups in total. The molecule has 0 saturated carbocycles. The van der Waals surface area contributed by atoms with Gasteiger partial charge in [0, 0.05) is 31.5 Å². The van der Waals surface area contributed by atoms with Gasteiger partial charge in [0.1, 0.15) is 11.6 Å². The van der Waals surface area contributed by atoms with Crippen molar-refractivity contribution in [3.63, 3.8) is 0 Å². The highest BCUT2D eigenvalue weighted by Crippen LogP contribution is 2.30. The maximum absolute atomic E-state index is 12.6. The summed E-state index contributed by atoms with van der Waals surface area (Å²) in [4.78, 5) is 25.9. The van der Waals surface area contributed by atoms with E-state index in [1.54, 1.807) is 18.5 Å². The van der Waals surface area contributed by atoms with Crippen LogP contribution < -0.4 is 16.0 Å². The molecular formula is C23H31ClN6O2. The summed E-state index contributed by atoms with van der Waals surface area (Å²) in [6, 6.07) is 1.76. The van der Waals surface area contributed by atoms with E-state index in [0.29, 0.717) is 40.4 Å². The molecule has 32 heavy (non-hydrogen) atoms. The highest BCUT2D eigenvalue weighted by molar-refractivity contribution is 6.33. The molecule has 0 radical (unpaired) electrons. The molecule has 2 unspecified atom stereocenters. The number of ether oxygens (including phenoxy) is 1. The SMILES string of the molecule is CC1(C)CC(CNc2cncc(-c3cc(NC(=O)C4CCCNC4)ncc3Cl)n2)CCO1. The van der Waals surface area contributed by atoms with E-state index in [-0.39, 0.29) is 17.4 Å². The number of amides is 1. The van der Waals surface area contributed by atoms with Crippen molar-refractivity contribution in [3.8, 4) is 11.3 Å². The fourth-order valence-corrected chi connectivity index (χ4v) is 4.57. The van der Waals surface area contributed by atoms with E-state index in [9.17, 15) is 4.79 Å². The normalized spacial score (nSPS) is 22.8. The number of halogens is 1. The fourth-order valence-electron chi connectivity index (χ4n) is 4.37. The van der Waals surface area contributed by atoms with Crippen molar-refractivity contribution in [1.29, 1.82) is 0 Å². The predicted octanol–water partition coefficient (Wildman–Crippen LogP) is 3.75. The van der Waals surface area contributed by atoms with Crippen LogP contribution >= 0.6 is 11.6 Å². The second-order valence-corrected chi connectivity index (χ2v) is 9.63. The quantitative estimate of drug-likeness (QED) is 0.606. The maximum atomic E-state index is 12.6. The van der Waals surface area contributed by atoms with Gasteiger partial charge in [0.25, 0.3) is 0 Å². The van der Waals surface area contributed by atoms with Gasteiger partial charge in [-0.25, -0.2) is 9.97 Å². The van der Waals surface area contributed by atoms with Crippen molar-refractivity contribution < 1.29 is 9.53 Å². The van der Waals surface area contributed by atoms with E-state index in [1.807, 2.05) is 0 Å². The summed E-state index contributed by atoms with van der Waals surface area (Å²) < 4.78 is 5.81. The Morgan fingerprint density at radius 1 is 1.28 bits per heavy atom. The molecule has 0 aromatic carbocycles. The number of carbonyl (C=O) groups excluding carboxylic acids is 1. The molecular weight excluding hydrogens is 428 g/mol. The fraction of sp³-hybridized carbons (Fsp3) is 0.565. The van der Waals surface area contributed by atoms with E-state index < -0.39 is 0 Å². The number of rotatable bonds is 6. The first-order valence-electron chi connectivity index (χ1n) is 11.3. The van der Waals surface area contributed by atoms with Gasteiger partial charge in [-0.2, -0.15) is 0 Å². The molecule has 8 nitrogen and oxygen atoms in total. The third-order valence-electron chi connectivity index (χ3n) is 6.06. The van der Waals surface area contributed by atoms with Crippen LogP contribution in [0, 0.1) is 11.8 Å². The van der Waals surface area contributed by atoms with Crippen molar-refractivity contribution in [3.05, 3.63) is 29.7 Å². The molecule has 2 aromatic rings. The molecule has 2 saturated heterocycles. The number of piperidine rings is 1. The molecule has 1 amide bonds. The van der Waals surface area contributed by atoms with Crippen molar-refractivity contribution in [1.82, 2.24) is 20.3 Å². The highest BCUT2D eigenvalue weighted by Gasteiger charge is 2.28. The topological polar surface area (TPSA) is 101 Å². The van der Waals surface area contributed by atoms with Crippen LogP contribution in [0.4, 0.5) is 11.6 Å². The number of carbonyl (C=O) groups is 1. The molecule has 0 aliphatic carbocycles. The second kappa shape index (κ2) is 10.1. The number of pyridine rings is 1. The Balaban J connectivity index is 1.43. The van der Waals surface area contributed by atoms with Gasteiger partial charge in [-0.1, -0.05) is 11.6 Å². The number of nitrogens with zero attached hydrogens (tertiary/aromatic N) is 3. The van der Waals surface area contributed by atoms with Gasteiger partial charge in [0.2, 0.25) is 5.91 Å². The zero-order valence-corrected chi connectivity index (χ0v) is 19.4. The van der Waals surface area contributed by atoms with Crippen molar-refractivity contribution in [2.75, 3.05) is 36.9 Å². The number of hydrogen-bond acceptors (Lipinski definition) is 7. The number of hydrogen-bond donors (Lipinski definition) is 3. The summed E-state index contributed by atoms with van der Waals surface area (Å²) in [6.07, 6.45) is 8.82. The molecule has 0 bridgehead atoms. The van der Waals surface area contributed by atoms with Gasteiger partial charge in [0.15, 0.2) is 0 Å². The summed E-state index contributed by atoms with van der Waals surface area (Å²) in [7, 11) is 0. The minimum atomic E-state index is -0.0861. The van der Waals surface area contributed by atoms with Gasteiger partial charge in [-0.05, 0) is 58.1 Å². The van der Waals surface area contributed by atoms with Crippen LogP contribution in [0.25, 0.3) is 11.3 Å². The standard InChI is InChI=1S/C23H31ClN6O2/c1-23(2)9-15(5-7-32-23)10-27-21-14-26-13-19(29-21)17-8-20(28-12-18(17)24)30-22(31)16-4-3-6-25-11-16/h8,12-16,25H,3-7,9-11H2,1-2H3,(H,27,29)(H,28,30,31). The third kappa shape index (κ3) is 5.94. The first kappa shape index (κ1) is 22.9. The first-order chi connectivity index (χ1) is 15.4. The summed E-state index contributed by atoms with van der Waals surface area (Å²) in [5.74, 6) is 1.60. The summed E-state index contributed by atoms with van der Waals surface area (Å²) in [5, 5.41) is 10.0. The van der Waals surface area contributed by atoms with Crippen molar-refractivity contribution in [2.45, 2.75) is 45.1 Å². The molecule has 9 heteroatoms. The Bertz CT molecular complexity index is 948. The molecule has 2 aliphatic heterocycles. The second-order valence-electron chi connectivity index (χ2n) is 9.22. The molecule has 172 valence electrons. The van der Waals surface area contributed by atoms with Crippen molar-refractivity contribution in [2.24, 2.45) is 11.8 Å². The van der Waals surface area contributed by atoms with E-state index in [1.165, 1.54) is 6.20 Å². The first-order valence-corrected chi connectivity index (χ1v) is 11.6. The van der Waals surface area contributed by atoms with Gasteiger partial charge in [-0.15, -0.1) is 0 Å². The maximum Gasteiger partial charge on any atom is 0.229 e. The van der Waals surface area contributed by atoms with Crippen LogP contribution in [-0.4, -0.2) is 52.7 Å². The highest BCUT2D eigenvalue weighted by atomic mass is 35.5. The van der Waals surface area contributed by atoms with Gasteiger partial charge in [-0.3, -0.25) is 9.78 Å². The van der Waals surface area contributed by atoms with Gasteiger partial charge >= 0.3 is 0 Å². The van der Waals surface area contributed by atoms with Crippen LogP contribution in [0.1, 0.15) is 39.5 Å². The molecule has 2 atom stereocenters. The van der Waals surface area contributed by atoms with Crippen LogP contribution in [0.2, 0.25) is 5.02 Å². The average Bonchev–Trinajstić information content (AvgIpc) is 2.79. The lowest BCUT2D eigenvalue weighted by atomic mass is 9.88. The Labute approximate surface area is 193 Å². The minimum Gasteiger partial charge on any atom is -0.376 e. The average molecular weight is 459 g/mol. The van der Waals surface area contributed by atoms with Gasteiger partial charge < -0.3 is 20.7 Å². The summed E-state index contributed by atoms with van der Waals surface area (Å²) in [5.41, 5.74) is 1.23. The Hall–Kier alpha value is -2.29. The Morgan fingerprint density at radius 2 is 2.16 bits per heavy atom. The van der Waals surface area contributed by atoms with Crippen LogP contribution in [0.5, 0.6) is 0 Å². The van der Waals surface area contributed by atoms with E-state index >= 15 is 0 Å². The smallest absolute Gasteiger partial charge is 0.229 e. The van der Waals surface area contributed by atoms with Gasteiger partial charge in [0.05, 0.1) is 34.6 Å². The lowest BCUT2D eigenvalue weighted by molar-refractivity contribution is -0.120. The molecule has 2 aliphatic rings. The zero-order chi connectivity index (χ0) is 22.6. The molecule has 4 heterocycles. The summed E-state index contributed by atoms with van der Waals surface area (Å²) >= 11 is 6.41. The predicted molar refractivity (Wildman–Crippen MR) is 126 cm³/mol. The number of nitrogens with one attached hydrogen (secondary N) is 3. The van der Waals surface area contributed by atoms with Crippen LogP contribution in [0.15, 0.2) is 24.7 Å². The van der Waals surface area contributed by atoms with E-state index in [2.05, 4.69) is 39.8 Å². The molecule has 0 spiro atoms.